The summed E-state index contributed by atoms with van der Waals surface area (Å²) in [6, 6.07) is 15.5. The van der Waals surface area contributed by atoms with Gasteiger partial charge in [-0.2, -0.15) is 0 Å². The van der Waals surface area contributed by atoms with E-state index in [0.29, 0.717) is 33.4 Å². The summed E-state index contributed by atoms with van der Waals surface area (Å²) in [7, 11) is -2.29. The second-order valence-electron chi connectivity index (χ2n) is 6.75. The average molecular weight is 432 g/mol. The van der Waals surface area contributed by atoms with Crippen molar-refractivity contribution in [3.05, 3.63) is 76.3 Å². The number of ether oxygens (including phenoxy) is 2. The number of aryl methyl sites for hydroxylation is 3. The van der Waals surface area contributed by atoms with Crippen molar-refractivity contribution < 1.29 is 17.9 Å². The van der Waals surface area contributed by atoms with E-state index in [4.69, 9.17) is 21.1 Å². The zero-order valence-electron chi connectivity index (χ0n) is 16.6. The molecule has 3 aromatic carbocycles. The molecular weight excluding hydrogens is 410 g/mol. The zero-order valence-corrected chi connectivity index (χ0v) is 18.2. The van der Waals surface area contributed by atoms with Crippen LogP contribution in [0.3, 0.4) is 0 Å². The van der Waals surface area contributed by atoms with Crippen molar-refractivity contribution >= 4 is 27.3 Å². The fraction of sp³-hybridized carbons (Fsp3) is 0.182. The van der Waals surface area contributed by atoms with Crippen molar-refractivity contribution in [2.45, 2.75) is 25.7 Å². The molecular formula is C22H22ClNO4S. The van der Waals surface area contributed by atoms with E-state index in [-0.39, 0.29) is 10.6 Å². The molecule has 0 aliphatic carbocycles. The quantitative estimate of drug-likeness (QED) is 0.530. The molecule has 3 aromatic rings. The van der Waals surface area contributed by atoms with Gasteiger partial charge in [-0.05, 0) is 62.2 Å². The largest absolute Gasteiger partial charge is 0.497 e. The van der Waals surface area contributed by atoms with Crippen LogP contribution < -0.4 is 14.2 Å². The highest BCUT2D eigenvalue weighted by molar-refractivity contribution is 7.92. The molecule has 0 atom stereocenters. The van der Waals surface area contributed by atoms with E-state index in [2.05, 4.69) is 4.72 Å². The Kier molecular flexibility index (Phi) is 6.05. The molecule has 29 heavy (non-hydrogen) atoms. The third-order valence-electron chi connectivity index (χ3n) is 4.33. The summed E-state index contributed by atoms with van der Waals surface area (Å²) >= 11 is 6.12. The smallest absolute Gasteiger partial charge is 0.262 e. The molecule has 0 unspecified atom stereocenters. The Bertz CT molecular complexity index is 1140. The first kappa shape index (κ1) is 21.0. The molecule has 1 N–H and O–H groups in total. The van der Waals surface area contributed by atoms with Crippen LogP contribution in [0.2, 0.25) is 5.02 Å². The number of benzene rings is 3. The van der Waals surface area contributed by atoms with E-state index in [1.807, 2.05) is 19.1 Å². The first-order valence-corrected chi connectivity index (χ1v) is 10.8. The number of sulfonamides is 1. The van der Waals surface area contributed by atoms with Gasteiger partial charge in [0.15, 0.2) is 5.75 Å². The van der Waals surface area contributed by atoms with Gasteiger partial charge in [0, 0.05) is 11.1 Å². The van der Waals surface area contributed by atoms with Gasteiger partial charge in [-0.3, -0.25) is 4.72 Å². The number of halogens is 1. The Labute approximate surface area is 176 Å². The van der Waals surface area contributed by atoms with Crippen molar-refractivity contribution in [2.75, 3.05) is 11.8 Å². The predicted octanol–water partition coefficient (Wildman–Crippen LogP) is 5.87. The van der Waals surface area contributed by atoms with Crippen molar-refractivity contribution in [3.8, 4) is 17.2 Å². The minimum atomic E-state index is -3.85. The van der Waals surface area contributed by atoms with E-state index in [1.165, 1.54) is 6.07 Å². The summed E-state index contributed by atoms with van der Waals surface area (Å²) in [5.41, 5.74) is 2.60. The fourth-order valence-electron chi connectivity index (χ4n) is 3.25. The SMILES string of the molecule is COc1cccc(Oc2ccc(Cl)cc2NS(=O)(=O)c2c(C)cc(C)cc2C)c1. The molecule has 0 spiro atoms. The molecule has 5 nitrogen and oxygen atoms in total. The summed E-state index contributed by atoms with van der Waals surface area (Å²) in [4.78, 5) is 0.246. The number of rotatable bonds is 6. The van der Waals surface area contributed by atoms with Crippen LogP contribution in [0.4, 0.5) is 5.69 Å². The van der Waals surface area contributed by atoms with Gasteiger partial charge in [0.05, 0.1) is 17.7 Å². The number of anilines is 1. The van der Waals surface area contributed by atoms with Crippen molar-refractivity contribution in [1.82, 2.24) is 0 Å². The minimum absolute atomic E-state index is 0.246. The molecule has 0 heterocycles. The average Bonchev–Trinajstić information content (AvgIpc) is 2.62. The van der Waals surface area contributed by atoms with Gasteiger partial charge in [0.1, 0.15) is 11.5 Å². The van der Waals surface area contributed by atoms with Crippen LogP contribution in [-0.2, 0) is 10.0 Å². The first-order chi connectivity index (χ1) is 13.7. The third kappa shape index (κ3) is 4.83. The predicted molar refractivity (Wildman–Crippen MR) is 116 cm³/mol. The molecule has 0 saturated heterocycles. The second kappa shape index (κ2) is 8.35. The van der Waals surface area contributed by atoms with Crippen LogP contribution >= 0.6 is 11.6 Å². The van der Waals surface area contributed by atoms with Crippen LogP contribution in [0.25, 0.3) is 0 Å². The highest BCUT2D eigenvalue weighted by Crippen LogP contribution is 2.35. The standard InChI is InChI=1S/C22H22ClNO4S/c1-14-10-15(2)22(16(3)11-14)29(25,26)24-20-12-17(23)8-9-21(20)28-19-7-5-6-18(13-19)27-4/h5-13,24H,1-4H3. The molecule has 3 rings (SSSR count). The Morgan fingerprint density at radius 3 is 2.21 bits per heavy atom. The molecule has 152 valence electrons. The molecule has 0 fully saturated rings. The monoisotopic (exact) mass is 431 g/mol. The van der Waals surface area contributed by atoms with E-state index in [9.17, 15) is 8.42 Å². The summed E-state index contributed by atoms with van der Waals surface area (Å²) < 4.78 is 40.0. The Balaban J connectivity index is 2.00. The molecule has 0 aliphatic rings. The maximum Gasteiger partial charge on any atom is 0.262 e. The normalized spacial score (nSPS) is 11.2. The maximum absolute atomic E-state index is 13.1. The van der Waals surface area contributed by atoms with Gasteiger partial charge < -0.3 is 9.47 Å². The van der Waals surface area contributed by atoms with Crippen LogP contribution in [0.1, 0.15) is 16.7 Å². The highest BCUT2D eigenvalue weighted by atomic mass is 35.5. The van der Waals surface area contributed by atoms with E-state index >= 15 is 0 Å². The van der Waals surface area contributed by atoms with Gasteiger partial charge in [-0.1, -0.05) is 35.4 Å². The molecule has 0 aromatic heterocycles. The Morgan fingerprint density at radius 1 is 0.897 bits per heavy atom. The highest BCUT2D eigenvalue weighted by Gasteiger charge is 2.22. The number of hydrogen-bond acceptors (Lipinski definition) is 4. The molecule has 0 amide bonds. The summed E-state index contributed by atoms with van der Waals surface area (Å²) in [5.74, 6) is 1.47. The van der Waals surface area contributed by atoms with E-state index < -0.39 is 10.0 Å². The molecule has 7 heteroatoms. The van der Waals surface area contributed by atoms with Crippen LogP contribution in [0.5, 0.6) is 17.2 Å². The third-order valence-corrected chi connectivity index (χ3v) is 6.23. The topological polar surface area (TPSA) is 64.6 Å². The molecule has 0 saturated carbocycles. The van der Waals surface area contributed by atoms with Crippen molar-refractivity contribution in [2.24, 2.45) is 0 Å². The lowest BCUT2D eigenvalue weighted by Crippen LogP contribution is -2.16. The zero-order chi connectivity index (χ0) is 21.2. The summed E-state index contributed by atoms with van der Waals surface area (Å²) in [5, 5.41) is 0.387. The van der Waals surface area contributed by atoms with Crippen LogP contribution in [-0.4, -0.2) is 15.5 Å². The van der Waals surface area contributed by atoms with Gasteiger partial charge in [-0.25, -0.2) is 8.42 Å². The van der Waals surface area contributed by atoms with Crippen LogP contribution in [0, 0.1) is 20.8 Å². The first-order valence-electron chi connectivity index (χ1n) is 8.92. The van der Waals surface area contributed by atoms with Gasteiger partial charge >= 0.3 is 0 Å². The van der Waals surface area contributed by atoms with Crippen LogP contribution in [0.15, 0.2) is 59.5 Å². The Morgan fingerprint density at radius 2 is 1.55 bits per heavy atom. The van der Waals surface area contributed by atoms with Gasteiger partial charge in [0.2, 0.25) is 0 Å². The van der Waals surface area contributed by atoms with E-state index in [1.54, 1.807) is 57.4 Å². The van der Waals surface area contributed by atoms with Gasteiger partial charge in [0.25, 0.3) is 10.0 Å². The van der Waals surface area contributed by atoms with Crippen molar-refractivity contribution in [1.29, 1.82) is 0 Å². The van der Waals surface area contributed by atoms with Gasteiger partial charge in [-0.15, -0.1) is 0 Å². The number of hydrogen-bond donors (Lipinski definition) is 1. The minimum Gasteiger partial charge on any atom is -0.497 e. The second-order valence-corrected chi connectivity index (χ2v) is 8.81. The lowest BCUT2D eigenvalue weighted by Gasteiger charge is -2.17. The number of methoxy groups -OCH3 is 1. The summed E-state index contributed by atoms with van der Waals surface area (Å²) in [6.45, 7) is 5.49. The lowest BCUT2D eigenvalue weighted by atomic mass is 10.1. The van der Waals surface area contributed by atoms with E-state index in [0.717, 1.165) is 5.56 Å². The number of nitrogens with one attached hydrogen (secondary N) is 1. The van der Waals surface area contributed by atoms with Crippen molar-refractivity contribution in [3.63, 3.8) is 0 Å². The maximum atomic E-state index is 13.1. The molecule has 0 bridgehead atoms. The molecule has 0 radical (unpaired) electrons. The lowest BCUT2D eigenvalue weighted by molar-refractivity contribution is 0.409. The fourth-order valence-corrected chi connectivity index (χ4v) is 4.94. The Hall–Kier alpha value is -2.70. The summed E-state index contributed by atoms with van der Waals surface area (Å²) in [6.07, 6.45) is 0. The molecule has 0 aliphatic heterocycles.